The van der Waals surface area contributed by atoms with Gasteiger partial charge in [0.05, 0.1) is 18.4 Å². The van der Waals surface area contributed by atoms with E-state index in [-0.39, 0.29) is 11.4 Å². The number of carbonyl (C=O) groups is 1. The molecular weight excluding hydrogens is 223 g/mol. The van der Waals surface area contributed by atoms with Crippen LogP contribution in [0.5, 0.6) is 0 Å². The van der Waals surface area contributed by atoms with E-state index >= 15 is 0 Å². The van der Waals surface area contributed by atoms with E-state index < -0.39 is 5.97 Å². The maximum Gasteiger partial charge on any atom is 0.339 e. The Labute approximate surface area is 97.3 Å². The van der Waals surface area contributed by atoms with Crippen molar-refractivity contribution in [3.05, 3.63) is 53.1 Å². The fraction of sp³-hybridized carbons (Fsp3) is 0.167. The van der Waals surface area contributed by atoms with Gasteiger partial charge in [-0.1, -0.05) is 12.1 Å². The molecule has 0 aliphatic rings. The van der Waals surface area contributed by atoms with Crippen LogP contribution in [0.2, 0.25) is 0 Å². The molecule has 1 N–H and O–H groups in total. The molecular formula is C12H11FN2O2. The van der Waals surface area contributed by atoms with Crippen LogP contribution in [0.3, 0.4) is 0 Å². The maximum atomic E-state index is 12.7. The molecule has 17 heavy (non-hydrogen) atoms. The summed E-state index contributed by atoms with van der Waals surface area (Å²) < 4.78 is 14.3. The monoisotopic (exact) mass is 234 g/mol. The van der Waals surface area contributed by atoms with E-state index in [1.54, 1.807) is 23.7 Å². The van der Waals surface area contributed by atoms with Crippen LogP contribution >= 0.6 is 0 Å². The lowest BCUT2D eigenvalue weighted by Gasteiger charge is -2.04. The molecule has 0 saturated carbocycles. The third-order valence-corrected chi connectivity index (χ3v) is 2.58. The molecule has 0 aliphatic carbocycles. The average Bonchev–Trinajstić information content (AvgIpc) is 2.64. The van der Waals surface area contributed by atoms with Crippen LogP contribution in [0.15, 0.2) is 30.5 Å². The molecule has 0 radical (unpaired) electrons. The number of rotatable bonds is 3. The predicted octanol–water partition coefficient (Wildman–Crippen LogP) is 2.08. The molecule has 0 atom stereocenters. The SMILES string of the molecule is Cc1c(C(=O)O)cnn1Cc1ccc(F)cc1. The first-order chi connectivity index (χ1) is 8.08. The van der Waals surface area contributed by atoms with Crippen LogP contribution in [0.1, 0.15) is 21.6 Å². The molecule has 1 aromatic heterocycles. The first-order valence-corrected chi connectivity index (χ1v) is 5.08. The number of hydrogen-bond donors (Lipinski definition) is 1. The van der Waals surface area contributed by atoms with Gasteiger partial charge in [0.2, 0.25) is 0 Å². The van der Waals surface area contributed by atoms with Gasteiger partial charge in [0.1, 0.15) is 11.4 Å². The number of aromatic carboxylic acids is 1. The minimum atomic E-state index is -0.993. The summed E-state index contributed by atoms with van der Waals surface area (Å²) in [5.41, 5.74) is 1.64. The fourth-order valence-electron chi connectivity index (χ4n) is 1.58. The summed E-state index contributed by atoms with van der Waals surface area (Å²) in [5.74, 6) is -1.29. The first kappa shape index (κ1) is 11.3. The number of halogens is 1. The Morgan fingerprint density at radius 3 is 2.59 bits per heavy atom. The highest BCUT2D eigenvalue weighted by Crippen LogP contribution is 2.10. The molecule has 4 nitrogen and oxygen atoms in total. The Morgan fingerprint density at radius 1 is 1.41 bits per heavy atom. The predicted molar refractivity (Wildman–Crippen MR) is 59.4 cm³/mol. The average molecular weight is 234 g/mol. The minimum absolute atomic E-state index is 0.187. The van der Waals surface area contributed by atoms with Gasteiger partial charge < -0.3 is 5.11 Å². The lowest BCUT2D eigenvalue weighted by molar-refractivity contribution is 0.0696. The van der Waals surface area contributed by atoms with E-state index in [0.717, 1.165) is 5.56 Å². The van der Waals surface area contributed by atoms with Crippen molar-refractivity contribution >= 4 is 5.97 Å². The van der Waals surface area contributed by atoms with E-state index in [0.29, 0.717) is 12.2 Å². The molecule has 0 aliphatic heterocycles. The largest absolute Gasteiger partial charge is 0.478 e. The zero-order valence-electron chi connectivity index (χ0n) is 9.22. The van der Waals surface area contributed by atoms with Gasteiger partial charge in [-0.25, -0.2) is 9.18 Å². The van der Waals surface area contributed by atoms with Crippen molar-refractivity contribution in [1.29, 1.82) is 0 Å². The summed E-state index contributed by atoms with van der Waals surface area (Å²) in [6.45, 7) is 2.12. The molecule has 0 spiro atoms. The van der Waals surface area contributed by atoms with Gasteiger partial charge in [0.15, 0.2) is 0 Å². The molecule has 0 unspecified atom stereocenters. The summed E-state index contributed by atoms with van der Waals surface area (Å²) in [4.78, 5) is 10.8. The quantitative estimate of drug-likeness (QED) is 0.884. The number of benzene rings is 1. The molecule has 0 fully saturated rings. The molecule has 0 bridgehead atoms. The summed E-state index contributed by atoms with van der Waals surface area (Å²) >= 11 is 0. The first-order valence-electron chi connectivity index (χ1n) is 5.08. The number of aromatic nitrogens is 2. The molecule has 0 amide bonds. The minimum Gasteiger partial charge on any atom is -0.478 e. The second-order valence-corrected chi connectivity index (χ2v) is 3.73. The van der Waals surface area contributed by atoms with Crippen molar-refractivity contribution in [3.63, 3.8) is 0 Å². The van der Waals surface area contributed by atoms with E-state index in [2.05, 4.69) is 5.10 Å². The topological polar surface area (TPSA) is 55.1 Å². The van der Waals surface area contributed by atoms with Gasteiger partial charge in [0, 0.05) is 0 Å². The van der Waals surface area contributed by atoms with Crippen molar-refractivity contribution in [3.8, 4) is 0 Å². The van der Waals surface area contributed by atoms with Crippen LogP contribution < -0.4 is 0 Å². The van der Waals surface area contributed by atoms with Crippen LogP contribution in [0.25, 0.3) is 0 Å². The number of carboxylic acid groups (broad SMARTS) is 1. The van der Waals surface area contributed by atoms with Crippen LogP contribution in [-0.4, -0.2) is 20.9 Å². The van der Waals surface area contributed by atoms with E-state index in [1.165, 1.54) is 18.3 Å². The van der Waals surface area contributed by atoms with Crippen molar-refractivity contribution in [2.45, 2.75) is 13.5 Å². The van der Waals surface area contributed by atoms with E-state index in [1.807, 2.05) is 0 Å². The summed E-state index contributed by atoms with van der Waals surface area (Å²) in [5, 5.41) is 12.9. The molecule has 2 rings (SSSR count). The lowest BCUT2D eigenvalue weighted by atomic mass is 10.2. The summed E-state index contributed by atoms with van der Waals surface area (Å²) in [6.07, 6.45) is 1.32. The molecule has 5 heteroatoms. The van der Waals surface area contributed by atoms with Gasteiger partial charge in [-0.3, -0.25) is 4.68 Å². The number of hydrogen-bond acceptors (Lipinski definition) is 2. The van der Waals surface area contributed by atoms with Crippen LogP contribution in [0.4, 0.5) is 4.39 Å². The zero-order valence-corrected chi connectivity index (χ0v) is 9.22. The van der Waals surface area contributed by atoms with Gasteiger partial charge >= 0.3 is 5.97 Å². The van der Waals surface area contributed by atoms with Crippen LogP contribution in [-0.2, 0) is 6.54 Å². The smallest absolute Gasteiger partial charge is 0.339 e. The summed E-state index contributed by atoms with van der Waals surface area (Å²) in [7, 11) is 0. The third kappa shape index (κ3) is 2.33. The Morgan fingerprint density at radius 2 is 2.06 bits per heavy atom. The third-order valence-electron chi connectivity index (χ3n) is 2.58. The standard InChI is InChI=1S/C12H11FN2O2/c1-8-11(12(16)17)6-14-15(8)7-9-2-4-10(13)5-3-9/h2-6H,7H2,1H3,(H,16,17). The van der Waals surface area contributed by atoms with Gasteiger partial charge in [-0.15, -0.1) is 0 Å². The fourth-order valence-corrected chi connectivity index (χ4v) is 1.58. The normalized spacial score (nSPS) is 10.5. The highest BCUT2D eigenvalue weighted by molar-refractivity contribution is 5.88. The highest BCUT2D eigenvalue weighted by atomic mass is 19.1. The Kier molecular flexibility index (Phi) is 2.91. The molecule has 2 aromatic rings. The zero-order chi connectivity index (χ0) is 12.4. The van der Waals surface area contributed by atoms with Gasteiger partial charge in [0.25, 0.3) is 0 Å². The van der Waals surface area contributed by atoms with Crippen molar-refractivity contribution in [2.24, 2.45) is 0 Å². The van der Waals surface area contributed by atoms with Gasteiger partial charge in [-0.2, -0.15) is 5.10 Å². The van der Waals surface area contributed by atoms with Crippen molar-refractivity contribution < 1.29 is 14.3 Å². The number of nitrogens with zero attached hydrogens (tertiary/aromatic N) is 2. The molecule has 0 saturated heterocycles. The Hall–Kier alpha value is -2.17. The Balaban J connectivity index is 2.24. The Bertz CT molecular complexity index is 546. The molecule has 1 aromatic carbocycles. The molecule has 88 valence electrons. The van der Waals surface area contributed by atoms with E-state index in [9.17, 15) is 9.18 Å². The van der Waals surface area contributed by atoms with Crippen molar-refractivity contribution in [2.75, 3.05) is 0 Å². The second kappa shape index (κ2) is 4.37. The molecule has 1 heterocycles. The van der Waals surface area contributed by atoms with Crippen molar-refractivity contribution in [1.82, 2.24) is 9.78 Å². The van der Waals surface area contributed by atoms with Crippen LogP contribution in [0, 0.1) is 12.7 Å². The maximum absolute atomic E-state index is 12.7. The van der Waals surface area contributed by atoms with Gasteiger partial charge in [-0.05, 0) is 24.6 Å². The van der Waals surface area contributed by atoms with E-state index in [4.69, 9.17) is 5.11 Å². The number of carboxylic acids is 1. The highest BCUT2D eigenvalue weighted by Gasteiger charge is 2.12. The summed E-state index contributed by atoms with van der Waals surface area (Å²) in [6, 6.07) is 6.03. The second-order valence-electron chi connectivity index (χ2n) is 3.73. The lowest BCUT2D eigenvalue weighted by Crippen LogP contribution is -2.05.